The van der Waals surface area contributed by atoms with E-state index in [4.69, 9.17) is 11.6 Å². The minimum Gasteiger partial charge on any atom is -0.349 e. The summed E-state index contributed by atoms with van der Waals surface area (Å²) in [7, 11) is 2.04. The number of nitrogens with zero attached hydrogens (tertiary/aromatic N) is 2. The molecular weight excluding hydrogens is 356 g/mol. The quantitative estimate of drug-likeness (QED) is 0.835. The molecule has 2 N–H and O–H groups in total. The van der Waals surface area contributed by atoms with Gasteiger partial charge in [-0.05, 0) is 44.6 Å². The molecule has 1 aliphatic heterocycles. The molecule has 0 radical (unpaired) electrons. The fourth-order valence-corrected chi connectivity index (χ4v) is 3.23. The third-order valence-electron chi connectivity index (χ3n) is 4.65. The first-order valence-electron chi connectivity index (χ1n) is 8.51. The molecule has 0 atom stereocenters. The normalized spacial score (nSPS) is 15.8. The number of H-pyrrole nitrogens is 1. The van der Waals surface area contributed by atoms with Gasteiger partial charge in [0, 0.05) is 17.3 Å². The predicted octanol–water partition coefficient (Wildman–Crippen LogP) is 1.06. The van der Waals surface area contributed by atoms with E-state index in [1.54, 1.807) is 24.3 Å². The second-order valence-corrected chi connectivity index (χ2v) is 6.95. The van der Waals surface area contributed by atoms with Gasteiger partial charge in [-0.25, -0.2) is 4.79 Å². The summed E-state index contributed by atoms with van der Waals surface area (Å²) in [5, 5.41) is 3.35. The lowest BCUT2D eigenvalue weighted by Gasteiger charge is -2.29. The number of carbonyl (C=O) groups excluding carboxylic acids is 1. The molecule has 0 saturated carbocycles. The summed E-state index contributed by atoms with van der Waals surface area (Å²) in [5.41, 5.74) is -0.643. The summed E-state index contributed by atoms with van der Waals surface area (Å²) in [4.78, 5) is 41.9. The van der Waals surface area contributed by atoms with Crippen molar-refractivity contribution in [3.8, 4) is 0 Å². The van der Waals surface area contributed by atoms with E-state index < -0.39 is 17.2 Å². The predicted molar refractivity (Wildman–Crippen MR) is 99.9 cm³/mol. The van der Waals surface area contributed by atoms with Crippen molar-refractivity contribution in [3.63, 3.8) is 0 Å². The van der Waals surface area contributed by atoms with Crippen LogP contribution >= 0.6 is 11.6 Å². The lowest BCUT2D eigenvalue weighted by molar-refractivity contribution is 0.0914. The van der Waals surface area contributed by atoms with E-state index in [1.165, 1.54) is 6.20 Å². The number of carbonyl (C=O) groups is 1. The Hall–Kier alpha value is -2.38. The molecule has 2 heterocycles. The average Bonchev–Trinajstić information content (AvgIpc) is 2.62. The van der Waals surface area contributed by atoms with Crippen LogP contribution < -0.4 is 16.6 Å². The van der Waals surface area contributed by atoms with Crippen LogP contribution in [0.1, 0.15) is 28.8 Å². The second kappa shape index (κ2) is 7.88. The number of nitrogens with one attached hydrogen (secondary N) is 2. The number of benzene rings is 1. The summed E-state index contributed by atoms with van der Waals surface area (Å²) in [6.07, 6.45) is 2.84. The molecule has 3 rings (SSSR count). The van der Waals surface area contributed by atoms with Crippen LogP contribution in [0, 0.1) is 0 Å². The van der Waals surface area contributed by atoms with Gasteiger partial charge in [-0.1, -0.05) is 29.8 Å². The smallest absolute Gasteiger partial charge is 0.328 e. The molecule has 0 spiro atoms. The third-order valence-corrected chi connectivity index (χ3v) is 5.01. The molecule has 2 aromatic rings. The zero-order valence-electron chi connectivity index (χ0n) is 14.5. The Labute approximate surface area is 155 Å². The van der Waals surface area contributed by atoms with E-state index in [0.29, 0.717) is 10.6 Å². The Balaban J connectivity index is 1.83. The number of likely N-dealkylation sites (tertiary alicyclic amines) is 1. The summed E-state index contributed by atoms with van der Waals surface area (Å²) >= 11 is 6.11. The number of piperidine rings is 1. The Morgan fingerprint density at radius 2 is 1.96 bits per heavy atom. The Morgan fingerprint density at radius 1 is 1.27 bits per heavy atom. The maximum Gasteiger partial charge on any atom is 0.328 e. The fourth-order valence-electron chi connectivity index (χ4n) is 3.03. The van der Waals surface area contributed by atoms with E-state index in [-0.39, 0.29) is 18.2 Å². The van der Waals surface area contributed by atoms with E-state index in [9.17, 15) is 14.4 Å². The van der Waals surface area contributed by atoms with Crippen molar-refractivity contribution in [2.45, 2.75) is 25.4 Å². The summed E-state index contributed by atoms with van der Waals surface area (Å²) in [6.45, 7) is 1.80. The maximum absolute atomic E-state index is 12.7. The van der Waals surface area contributed by atoms with Gasteiger partial charge in [-0.2, -0.15) is 0 Å². The van der Waals surface area contributed by atoms with Gasteiger partial charge in [0.25, 0.3) is 11.5 Å². The Morgan fingerprint density at radius 3 is 2.65 bits per heavy atom. The number of hydrogen-bond acceptors (Lipinski definition) is 4. The summed E-state index contributed by atoms with van der Waals surface area (Å²) in [5.74, 6) is -0.464. The topological polar surface area (TPSA) is 87.2 Å². The number of hydrogen-bond donors (Lipinski definition) is 2. The lowest BCUT2D eigenvalue weighted by atomic mass is 10.1. The van der Waals surface area contributed by atoms with Crippen molar-refractivity contribution in [1.29, 1.82) is 0 Å². The van der Waals surface area contributed by atoms with Crippen LogP contribution in [-0.4, -0.2) is 46.5 Å². The molecule has 1 aromatic heterocycles. The molecule has 138 valence electrons. The van der Waals surface area contributed by atoms with Gasteiger partial charge in [0.15, 0.2) is 0 Å². The van der Waals surface area contributed by atoms with Gasteiger partial charge in [0.1, 0.15) is 5.56 Å². The van der Waals surface area contributed by atoms with E-state index in [0.717, 1.165) is 30.5 Å². The first kappa shape index (κ1) is 18.4. The number of amides is 1. The van der Waals surface area contributed by atoms with Crippen LogP contribution in [0.15, 0.2) is 40.1 Å². The first-order valence-corrected chi connectivity index (χ1v) is 8.89. The molecular formula is C18H21ClN4O3. The van der Waals surface area contributed by atoms with Crippen molar-refractivity contribution in [3.05, 3.63) is 67.4 Å². The third kappa shape index (κ3) is 4.05. The van der Waals surface area contributed by atoms with Crippen LogP contribution in [0.2, 0.25) is 5.02 Å². The van der Waals surface area contributed by atoms with Crippen molar-refractivity contribution < 1.29 is 4.79 Å². The van der Waals surface area contributed by atoms with Gasteiger partial charge in [-0.15, -0.1) is 0 Å². The van der Waals surface area contributed by atoms with Crippen LogP contribution in [0.5, 0.6) is 0 Å². The van der Waals surface area contributed by atoms with E-state index in [1.807, 2.05) is 7.05 Å². The van der Waals surface area contributed by atoms with Gasteiger partial charge in [0.2, 0.25) is 0 Å². The number of aromatic nitrogens is 2. The monoisotopic (exact) mass is 376 g/mol. The average molecular weight is 377 g/mol. The molecule has 7 nitrogen and oxygen atoms in total. The SMILES string of the molecule is CN1CCC(NC(=O)c2c[nH]c(=O)n(Cc3ccccc3Cl)c2=O)CC1. The van der Waals surface area contributed by atoms with Crippen LogP contribution in [0.3, 0.4) is 0 Å². The molecule has 1 aliphatic rings. The number of aromatic amines is 1. The van der Waals surface area contributed by atoms with E-state index >= 15 is 0 Å². The number of rotatable bonds is 4. The van der Waals surface area contributed by atoms with Gasteiger partial charge >= 0.3 is 5.69 Å². The van der Waals surface area contributed by atoms with Crippen molar-refractivity contribution in [2.24, 2.45) is 0 Å². The molecule has 1 amide bonds. The molecule has 1 fully saturated rings. The lowest BCUT2D eigenvalue weighted by Crippen LogP contribution is -2.46. The highest BCUT2D eigenvalue weighted by molar-refractivity contribution is 6.31. The largest absolute Gasteiger partial charge is 0.349 e. The zero-order valence-corrected chi connectivity index (χ0v) is 15.3. The molecule has 26 heavy (non-hydrogen) atoms. The second-order valence-electron chi connectivity index (χ2n) is 6.54. The van der Waals surface area contributed by atoms with Crippen molar-refractivity contribution in [1.82, 2.24) is 19.8 Å². The van der Waals surface area contributed by atoms with Crippen molar-refractivity contribution in [2.75, 3.05) is 20.1 Å². The highest BCUT2D eigenvalue weighted by atomic mass is 35.5. The fraction of sp³-hybridized carbons (Fsp3) is 0.389. The van der Waals surface area contributed by atoms with Gasteiger partial charge < -0.3 is 15.2 Å². The van der Waals surface area contributed by atoms with Crippen LogP contribution in [0.25, 0.3) is 0 Å². The Bertz CT molecular complexity index is 913. The molecule has 1 saturated heterocycles. The molecule has 8 heteroatoms. The molecule has 0 bridgehead atoms. The highest BCUT2D eigenvalue weighted by Crippen LogP contribution is 2.15. The van der Waals surface area contributed by atoms with Crippen molar-refractivity contribution >= 4 is 17.5 Å². The molecule has 0 unspecified atom stereocenters. The summed E-state index contributed by atoms with van der Waals surface area (Å²) < 4.78 is 0.991. The van der Waals surface area contributed by atoms with E-state index in [2.05, 4.69) is 15.2 Å². The Kier molecular flexibility index (Phi) is 5.58. The molecule has 0 aliphatic carbocycles. The van der Waals surface area contributed by atoms with Gasteiger partial charge in [-0.3, -0.25) is 14.2 Å². The highest BCUT2D eigenvalue weighted by Gasteiger charge is 2.21. The van der Waals surface area contributed by atoms with Crippen LogP contribution in [-0.2, 0) is 6.54 Å². The van der Waals surface area contributed by atoms with Crippen LogP contribution in [0.4, 0.5) is 0 Å². The molecule has 1 aromatic carbocycles. The van der Waals surface area contributed by atoms with Gasteiger partial charge in [0.05, 0.1) is 6.54 Å². The number of halogens is 1. The minimum atomic E-state index is -0.626. The first-order chi connectivity index (χ1) is 12.5. The maximum atomic E-state index is 12.7. The zero-order chi connectivity index (χ0) is 18.7. The standard InChI is InChI=1S/C18H21ClN4O3/c1-22-8-6-13(7-9-22)21-16(24)14-10-20-18(26)23(17(14)25)11-12-4-2-3-5-15(12)19/h2-5,10,13H,6-9,11H2,1H3,(H,20,26)(H,21,24). The minimum absolute atomic E-state index is 0.00316. The summed E-state index contributed by atoms with van der Waals surface area (Å²) in [6, 6.07) is 7.00.